The summed E-state index contributed by atoms with van der Waals surface area (Å²) in [7, 11) is 0. The lowest BCUT2D eigenvalue weighted by atomic mass is 9.93. The number of nitrogens with one attached hydrogen (secondary N) is 2. The van der Waals surface area contributed by atoms with E-state index in [2.05, 4.69) is 23.6 Å². The topological polar surface area (TPSA) is 64.9 Å². The molecular formula is C16H27N3OS. The molecule has 2 N–H and O–H groups in total. The lowest BCUT2D eigenvalue weighted by Crippen LogP contribution is -2.57. The van der Waals surface area contributed by atoms with Crippen molar-refractivity contribution in [1.82, 2.24) is 10.6 Å². The van der Waals surface area contributed by atoms with Gasteiger partial charge in [0.25, 0.3) is 0 Å². The minimum Gasteiger partial charge on any atom is -0.358 e. The third-order valence-corrected chi connectivity index (χ3v) is 4.22. The van der Waals surface area contributed by atoms with Crippen molar-refractivity contribution in [2.24, 2.45) is 5.92 Å². The molecule has 1 aliphatic rings. The molecule has 0 saturated carbocycles. The van der Waals surface area contributed by atoms with Gasteiger partial charge < -0.3 is 10.6 Å². The number of carbonyl (C=O) groups excluding carboxylic acids is 1. The Balaban J connectivity index is 2.10. The molecule has 2 atom stereocenters. The number of hydrogen-bond acceptors (Lipinski definition) is 3. The van der Waals surface area contributed by atoms with E-state index in [-0.39, 0.29) is 11.9 Å². The minimum atomic E-state index is -0.620. The number of thiocarbonyl (C=S) groups is 1. The van der Waals surface area contributed by atoms with Crippen LogP contribution in [0.5, 0.6) is 0 Å². The van der Waals surface area contributed by atoms with Gasteiger partial charge in [0.15, 0.2) is 5.11 Å². The summed E-state index contributed by atoms with van der Waals surface area (Å²) in [4.78, 5) is 11.6. The molecule has 0 radical (unpaired) electrons. The van der Waals surface area contributed by atoms with Crippen molar-refractivity contribution in [1.29, 1.82) is 5.26 Å². The van der Waals surface area contributed by atoms with E-state index in [9.17, 15) is 4.79 Å². The highest BCUT2D eigenvalue weighted by Crippen LogP contribution is 2.16. The van der Waals surface area contributed by atoms with Gasteiger partial charge >= 0.3 is 0 Å². The number of unbranched alkanes of at least 4 members (excludes halogenated alkanes) is 8. The first kappa shape index (κ1) is 17.9. The van der Waals surface area contributed by atoms with Gasteiger partial charge in [-0.15, -0.1) is 0 Å². The van der Waals surface area contributed by atoms with E-state index in [1.54, 1.807) is 0 Å². The summed E-state index contributed by atoms with van der Waals surface area (Å²) < 4.78 is 0. The first-order valence-corrected chi connectivity index (χ1v) is 8.60. The highest BCUT2D eigenvalue weighted by Gasteiger charge is 2.33. The predicted octanol–water partition coefficient (Wildman–Crippen LogP) is 3.42. The Morgan fingerprint density at radius 1 is 1.10 bits per heavy atom. The molecule has 0 unspecified atom stereocenters. The quantitative estimate of drug-likeness (QED) is 0.479. The molecule has 0 spiro atoms. The monoisotopic (exact) mass is 309 g/mol. The van der Waals surface area contributed by atoms with Crippen LogP contribution in [0.3, 0.4) is 0 Å². The molecule has 21 heavy (non-hydrogen) atoms. The molecule has 1 amide bonds. The van der Waals surface area contributed by atoms with Crippen LogP contribution in [0.2, 0.25) is 0 Å². The first-order chi connectivity index (χ1) is 10.2. The summed E-state index contributed by atoms with van der Waals surface area (Å²) in [6.07, 6.45) is 12.3. The highest BCUT2D eigenvalue weighted by atomic mass is 32.1. The molecule has 0 bridgehead atoms. The number of nitrogens with zero attached hydrogens (tertiary/aromatic N) is 1. The zero-order chi connectivity index (χ0) is 15.5. The van der Waals surface area contributed by atoms with E-state index in [0.29, 0.717) is 5.11 Å². The van der Waals surface area contributed by atoms with Crippen molar-refractivity contribution in [3.8, 4) is 6.07 Å². The van der Waals surface area contributed by atoms with Crippen molar-refractivity contribution in [3.05, 3.63) is 0 Å². The van der Waals surface area contributed by atoms with Crippen LogP contribution in [-0.4, -0.2) is 17.1 Å². The molecular weight excluding hydrogens is 282 g/mol. The molecule has 118 valence electrons. The molecule has 0 aromatic rings. The van der Waals surface area contributed by atoms with Gasteiger partial charge in [0.1, 0.15) is 5.92 Å². The van der Waals surface area contributed by atoms with Crippen molar-refractivity contribution in [3.63, 3.8) is 0 Å². The fourth-order valence-electron chi connectivity index (χ4n) is 2.72. The van der Waals surface area contributed by atoms with Crippen LogP contribution in [0.15, 0.2) is 0 Å². The van der Waals surface area contributed by atoms with E-state index in [1.807, 2.05) is 0 Å². The number of amides is 1. The molecule has 0 aliphatic carbocycles. The van der Waals surface area contributed by atoms with Gasteiger partial charge in [-0.2, -0.15) is 5.26 Å². The Labute approximate surface area is 133 Å². The first-order valence-electron chi connectivity index (χ1n) is 8.20. The average molecular weight is 309 g/mol. The van der Waals surface area contributed by atoms with Crippen molar-refractivity contribution in [2.45, 2.75) is 77.2 Å². The molecule has 5 heteroatoms. The van der Waals surface area contributed by atoms with Crippen LogP contribution >= 0.6 is 12.2 Å². The normalized spacial score (nSPS) is 21.5. The van der Waals surface area contributed by atoms with Gasteiger partial charge in [-0.25, -0.2) is 0 Å². The van der Waals surface area contributed by atoms with Gasteiger partial charge in [0, 0.05) is 0 Å². The minimum absolute atomic E-state index is 0.124. The SMILES string of the molecule is CCCCCCCCCCC[C@@H]1NC(=S)NC(=O)[C@@H]1C#N. The zero-order valence-corrected chi connectivity index (χ0v) is 13.8. The van der Waals surface area contributed by atoms with Crippen molar-refractivity contribution in [2.75, 3.05) is 0 Å². The summed E-state index contributed by atoms with van der Waals surface area (Å²) in [5.41, 5.74) is 0. The molecule has 4 nitrogen and oxygen atoms in total. The second-order valence-corrected chi connectivity index (χ2v) is 6.20. The maximum Gasteiger partial charge on any atom is 0.245 e. The Kier molecular flexibility index (Phi) is 9.00. The summed E-state index contributed by atoms with van der Waals surface area (Å²) >= 11 is 4.98. The standard InChI is InChI=1S/C16H27N3OS/c1-2-3-4-5-6-7-8-9-10-11-14-13(12-17)15(20)19-16(21)18-14/h13-14H,2-11H2,1H3,(H2,18,19,20,21)/t13-,14+/m1/s1. The van der Waals surface area contributed by atoms with Gasteiger partial charge in [0.2, 0.25) is 5.91 Å². The molecule has 0 aromatic carbocycles. The molecule has 1 saturated heterocycles. The van der Waals surface area contributed by atoms with Crippen LogP contribution in [0.4, 0.5) is 0 Å². The van der Waals surface area contributed by atoms with Gasteiger partial charge in [0.05, 0.1) is 12.1 Å². The largest absolute Gasteiger partial charge is 0.358 e. The van der Waals surface area contributed by atoms with E-state index in [4.69, 9.17) is 17.5 Å². The van der Waals surface area contributed by atoms with Crippen molar-refractivity contribution >= 4 is 23.2 Å². The van der Waals surface area contributed by atoms with E-state index in [1.165, 1.54) is 51.4 Å². The fourth-order valence-corrected chi connectivity index (χ4v) is 2.97. The fraction of sp³-hybridized carbons (Fsp3) is 0.812. The van der Waals surface area contributed by atoms with Crippen molar-refractivity contribution < 1.29 is 4.79 Å². The van der Waals surface area contributed by atoms with Gasteiger partial charge in [-0.1, -0.05) is 64.7 Å². The van der Waals surface area contributed by atoms with Gasteiger partial charge in [-0.3, -0.25) is 4.79 Å². The van der Waals surface area contributed by atoms with Crippen LogP contribution in [-0.2, 0) is 4.79 Å². The molecule has 1 rings (SSSR count). The summed E-state index contributed by atoms with van der Waals surface area (Å²) in [5, 5.41) is 15.0. The van der Waals surface area contributed by atoms with E-state index < -0.39 is 5.92 Å². The summed E-state index contributed by atoms with van der Waals surface area (Å²) in [5.74, 6) is -0.882. The van der Waals surface area contributed by atoms with Crippen LogP contribution < -0.4 is 10.6 Å². The number of hydrogen-bond donors (Lipinski definition) is 2. The predicted molar refractivity (Wildman–Crippen MR) is 88.6 cm³/mol. The third kappa shape index (κ3) is 6.90. The second-order valence-electron chi connectivity index (χ2n) is 5.79. The maximum atomic E-state index is 11.6. The molecule has 1 fully saturated rings. The molecule has 1 heterocycles. The second kappa shape index (κ2) is 10.6. The Bertz CT molecular complexity index is 378. The lowest BCUT2D eigenvalue weighted by molar-refractivity contribution is -0.123. The average Bonchev–Trinajstić information content (AvgIpc) is 2.45. The molecule has 1 aliphatic heterocycles. The number of carbonyl (C=O) groups is 1. The Hall–Kier alpha value is -1.15. The van der Waals surface area contributed by atoms with Gasteiger partial charge in [-0.05, 0) is 18.6 Å². The Morgan fingerprint density at radius 3 is 2.24 bits per heavy atom. The zero-order valence-electron chi connectivity index (χ0n) is 13.0. The maximum absolute atomic E-state index is 11.6. The highest BCUT2D eigenvalue weighted by molar-refractivity contribution is 7.80. The Morgan fingerprint density at radius 2 is 1.67 bits per heavy atom. The smallest absolute Gasteiger partial charge is 0.245 e. The van der Waals surface area contributed by atoms with E-state index in [0.717, 1.165) is 12.8 Å². The summed E-state index contributed by atoms with van der Waals surface area (Å²) in [6, 6.07) is 1.95. The third-order valence-electron chi connectivity index (χ3n) is 4.00. The van der Waals surface area contributed by atoms with Crippen LogP contribution in [0, 0.1) is 17.2 Å². The van der Waals surface area contributed by atoms with Crippen LogP contribution in [0.25, 0.3) is 0 Å². The molecule has 0 aromatic heterocycles. The summed E-state index contributed by atoms with van der Waals surface area (Å²) in [6.45, 7) is 2.24. The van der Waals surface area contributed by atoms with Crippen LogP contribution in [0.1, 0.15) is 71.1 Å². The van der Waals surface area contributed by atoms with E-state index >= 15 is 0 Å². The lowest BCUT2D eigenvalue weighted by Gasteiger charge is -2.29. The number of nitriles is 1. The number of rotatable bonds is 10.